The number of halogens is 3. The number of amidine groups is 1. The molecule has 212 valence electrons. The van der Waals surface area contributed by atoms with E-state index in [2.05, 4.69) is 30.5 Å². The van der Waals surface area contributed by atoms with E-state index in [1.807, 2.05) is 11.9 Å². The maximum absolute atomic E-state index is 13.4. The Hall–Kier alpha value is -3.27. The number of anilines is 3. The van der Waals surface area contributed by atoms with E-state index in [0.29, 0.717) is 13.1 Å². The van der Waals surface area contributed by atoms with Crippen molar-refractivity contribution in [2.75, 3.05) is 49.2 Å². The highest BCUT2D eigenvalue weighted by Crippen LogP contribution is 2.36. The van der Waals surface area contributed by atoms with Gasteiger partial charge in [-0.05, 0) is 39.1 Å². The summed E-state index contributed by atoms with van der Waals surface area (Å²) in [6.07, 6.45) is 2.64. The second-order valence-corrected chi connectivity index (χ2v) is 12.2. The molecular weight excluding hydrogens is 556 g/mol. The minimum absolute atomic E-state index is 0.0409. The molecule has 2 aromatic rings. The molecule has 39 heavy (non-hydrogen) atoms. The number of alkyl halides is 2. The third-order valence-corrected chi connectivity index (χ3v) is 8.65. The molecule has 0 amide bonds. The lowest BCUT2D eigenvalue weighted by Crippen LogP contribution is -2.50. The lowest BCUT2D eigenvalue weighted by atomic mass is 10.1. The highest BCUT2D eigenvalue weighted by Gasteiger charge is 2.37. The van der Waals surface area contributed by atoms with E-state index in [1.165, 1.54) is 44.4 Å². The van der Waals surface area contributed by atoms with E-state index < -0.39 is 33.4 Å². The minimum atomic E-state index is -3.78. The molecule has 1 saturated heterocycles. The first-order valence-corrected chi connectivity index (χ1v) is 13.9. The number of ether oxygens (including phenoxy) is 1. The number of nitrogen functional groups attached to an aromatic ring is 1. The summed E-state index contributed by atoms with van der Waals surface area (Å²) in [5.74, 6) is -2.14. The van der Waals surface area contributed by atoms with E-state index in [0.717, 1.165) is 13.1 Å². The lowest BCUT2D eigenvalue weighted by molar-refractivity contribution is -0.0541. The molecule has 2 aromatic heterocycles. The highest BCUT2D eigenvalue weighted by atomic mass is 35.5. The second-order valence-electron chi connectivity index (χ2n) is 9.36. The third kappa shape index (κ3) is 6.00. The summed E-state index contributed by atoms with van der Waals surface area (Å²) in [6.45, 7) is 2.51. The Morgan fingerprint density at radius 1 is 1.26 bits per heavy atom. The van der Waals surface area contributed by atoms with Crippen molar-refractivity contribution in [3.05, 3.63) is 41.2 Å². The molecule has 1 unspecified atom stereocenters. The molecule has 0 aromatic carbocycles. The molecular formula is C23H30ClF2N9O3S. The van der Waals surface area contributed by atoms with Gasteiger partial charge in [0.25, 0.3) is 0 Å². The number of pyridine rings is 2. The number of sulfone groups is 1. The van der Waals surface area contributed by atoms with Crippen LogP contribution in [0.25, 0.3) is 0 Å². The van der Waals surface area contributed by atoms with Gasteiger partial charge >= 0.3 is 6.61 Å². The third-order valence-electron chi connectivity index (χ3n) is 6.26. The van der Waals surface area contributed by atoms with Gasteiger partial charge in [-0.1, -0.05) is 11.6 Å². The molecule has 4 heterocycles. The van der Waals surface area contributed by atoms with Crippen molar-refractivity contribution in [1.82, 2.24) is 20.2 Å². The highest BCUT2D eigenvalue weighted by molar-refractivity contribution is 7.92. The zero-order valence-electron chi connectivity index (χ0n) is 21.5. The Labute approximate surface area is 230 Å². The maximum atomic E-state index is 13.4. The van der Waals surface area contributed by atoms with Crippen molar-refractivity contribution in [1.29, 1.82) is 0 Å². The molecule has 0 aliphatic carbocycles. The number of nitrogens with two attached hydrogens (primary N) is 2. The maximum Gasteiger partial charge on any atom is 0.388 e. The van der Waals surface area contributed by atoms with Gasteiger partial charge < -0.3 is 30.9 Å². The fraction of sp³-hybridized carbons (Fsp3) is 0.435. The molecule has 12 nitrogen and oxygen atoms in total. The second kappa shape index (κ2) is 11.1. The average molecular weight is 586 g/mol. The lowest BCUT2D eigenvalue weighted by Gasteiger charge is -2.35. The Kier molecular flexibility index (Phi) is 8.16. The van der Waals surface area contributed by atoms with Gasteiger partial charge in [0.2, 0.25) is 11.7 Å². The number of aliphatic imine (C=N–C) groups is 1. The molecule has 6 N–H and O–H groups in total. The van der Waals surface area contributed by atoms with Crippen LogP contribution in [0.5, 0.6) is 5.88 Å². The predicted molar refractivity (Wildman–Crippen MR) is 146 cm³/mol. The van der Waals surface area contributed by atoms with E-state index in [1.54, 1.807) is 0 Å². The van der Waals surface area contributed by atoms with Crippen LogP contribution in [0.3, 0.4) is 0 Å². The van der Waals surface area contributed by atoms with Crippen LogP contribution < -0.4 is 31.7 Å². The van der Waals surface area contributed by atoms with Crippen LogP contribution in [0, 0.1) is 0 Å². The van der Waals surface area contributed by atoms with E-state index in [9.17, 15) is 17.2 Å². The summed E-state index contributed by atoms with van der Waals surface area (Å²) in [6, 6.07) is 4.40. The van der Waals surface area contributed by atoms with Crippen LogP contribution in [0.15, 0.2) is 45.6 Å². The Balaban J connectivity index is 1.75. The number of piperazine rings is 1. The normalized spacial score (nSPS) is 20.5. The van der Waals surface area contributed by atoms with Crippen LogP contribution >= 0.6 is 11.6 Å². The Morgan fingerprint density at radius 3 is 2.59 bits per heavy atom. The van der Waals surface area contributed by atoms with Crippen molar-refractivity contribution < 1.29 is 21.9 Å². The first-order chi connectivity index (χ1) is 18.3. The zero-order valence-corrected chi connectivity index (χ0v) is 23.1. The molecule has 16 heteroatoms. The topological polar surface area (TPSA) is 164 Å². The van der Waals surface area contributed by atoms with Gasteiger partial charge in [0.05, 0.1) is 27.2 Å². The smallest absolute Gasteiger partial charge is 0.388 e. The van der Waals surface area contributed by atoms with Crippen molar-refractivity contribution in [3.63, 3.8) is 0 Å². The fourth-order valence-corrected chi connectivity index (χ4v) is 5.24. The summed E-state index contributed by atoms with van der Waals surface area (Å²) in [5.41, 5.74) is 13.0. The first-order valence-electron chi connectivity index (χ1n) is 12.0. The fourth-order valence-electron chi connectivity index (χ4n) is 4.01. The molecule has 4 rings (SSSR count). The van der Waals surface area contributed by atoms with Crippen LogP contribution in [-0.2, 0) is 15.6 Å². The van der Waals surface area contributed by atoms with Gasteiger partial charge in [0.15, 0.2) is 20.7 Å². The number of nitrogens with one attached hydrogen (secondary N) is 2. The van der Waals surface area contributed by atoms with Crippen molar-refractivity contribution in [3.8, 4) is 5.88 Å². The van der Waals surface area contributed by atoms with Crippen molar-refractivity contribution >= 4 is 44.5 Å². The van der Waals surface area contributed by atoms with E-state index in [4.69, 9.17) is 27.8 Å². The standard InChI is InChI=1S/C23H30ClF2N9O3S/c1-13(2)39(36,37)21-17(5-4-6-29-21)31-18-15(24)12-30-23(28,33-18)14-11-16(27)19(32-20(14)38-22(25)26)35-9-7-34(3)8-10-35/h4-6,11-13,22,30H,7-10,27-28H2,1-3H3,(H,31,33). The van der Waals surface area contributed by atoms with Gasteiger partial charge in [-0.15, -0.1) is 0 Å². The number of hydrogen-bond donors (Lipinski definition) is 4. The van der Waals surface area contributed by atoms with Crippen LogP contribution in [0.1, 0.15) is 19.4 Å². The molecule has 0 radical (unpaired) electrons. The largest absolute Gasteiger partial charge is 0.416 e. The van der Waals surface area contributed by atoms with Crippen LogP contribution in [0.2, 0.25) is 0 Å². The molecule has 2 aliphatic rings. The summed E-state index contributed by atoms with van der Waals surface area (Å²) < 4.78 is 57.3. The monoisotopic (exact) mass is 585 g/mol. The van der Waals surface area contributed by atoms with Crippen LogP contribution in [-0.4, -0.2) is 74.2 Å². The minimum Gasteiger partial charge on any atom is -0.416 e. The molecule has 0 bridgehead atoms. The van der Waals surface area contributed by atoms with Crippen molar-refractivity contribution in [2.24, 2.45) is 10.7 Å². The summed E-state index contributed by atoms with van der Waals surface area (Å²) in [7, 11) is -1.80. The summed E-state index contributed by atoms with van der Waals surface area (Å²) >= 11 is 6.35. The van der Waals surface area contributed by atoms with Gasteiger partial charge in [-0.3, -0.25) is 5.73 Å². The number of likely N-dealkylation sites (N-methyl/N-ethyl adjacent to an activating group) is 1. The number of hydrogen-bond acceptors (Lipinski definition) is 12. The van der Waals surface area contributed by atoms with Gasteiger partial charge in [0, 0.05) is 38.6 Å². The summed E-state index contributed by atoms with van der Waals surface area (Å²) in [5, 5.41) is 4.71. The molecule has 1 atom stereocenters. The molecule has 1 fully saturated rings. The van der Waals surface area contributed by atoms with Crippen molar-refractivity contribution in [2.45, 2.75) is 36.5 Å². The van der Waals surface area contributed by atoms with Gasteiger partial charge in [-0.2, -0.15) is 13.8 Å². The molecule has 0 spiro atoms. The average Bonchev–Trinajstić information content (AvgIpc) is 2.87. The first kappa shape index (κ1) is 28.7. The van der Waals surface area contributed by atoms with Crippen LogP contribution in [0.4, 0.5) is 26.0 Å². The number of aromatic nitrogens is 2. The molecule has 2 aliphatic heterocycles. The summed E-state index contributed by atoms with van der Waals surface area (Å²) in [4.78, 5) is 16.7. The quantitative estimate of drug-likeness (QED) is 0.375. The van der Waals surface area contributed by atoms with E-state index in [-0.39, 0.29) is 38.6 Å². The Bertz CT molecular complexity index is 1400. The van der Waals surface area contributed by atoms with Gasteiger partial charge in [-0.25, -0.2) is 18.4 Å². The van der Waals surface area contributed by atoms with E-state index >= 15 is 0 Å². The number of nitrogens with zero attached hydrogens (tertiary/aromatic N) is 5. The SMILES string of the molecule is CC(C)S(=O)(=O)c1ncccc1NC1=NC(N)(c2cc(N)c(N3CCN(C)CC3)nc2OC(F)F)NC=C1Cl. The number of rotatable bonds is 7. The van der Waals surface area contributed by atoms with Gasteiger partial charge in [0.1, 0.15) is 5.84 Å². The predicted octanol–water partition coefficient (Wildman–Crippen LogP) is 1.86. The zero-order chi connectivity index (χ0) is 28.5. The Morgan fingerprint density at radius 2 is 1.95 bits per heavy atom. The molecule has 0 saturated carbocycles.